The summed E-state index contributed by atoms with van der Waals surface area (Å²) in [5, 5.41) is 7.33. The summed E-state index contributed by atoms with van der Waals surface area (Å²) in [7, 11) is 0. The number of rotatable bonds is 4. The summed E-state index contributed by atoms with van der Waals surface area (Å²) in [6.07, 6.45) is 0.835. The maximum absolute atomic E-state index is 7.41. The molecule has 0 atom stereocenters. The number of hydrogen-bond acceptors (Lipinski definition) is 2. The van der Waals surface area contributed by atoms with Gasteiger partial charge in [0.05, 0.1) is 11.1 Å². The third kappa shape index (κ3) is 6.24. The zero-order valence-corrected chi connectivity index (χ0v) is 47.4. The lowest BCUT2D eigenvalue weighted by molar-refractivity contribution is 0.652. The lowest BCUT2D eigenvalue weighted by Crippen LogP contribution is -2.39. The molecule has 0 bridgehead atoms. The van der Waals surface area contributed by atoms with Crippen LogP contribution in [-0.2, 0) is 22.7 Å². The van der Waals surface area contributed by atoms with Crippen molar-refractivity contribution < 1.29 is 4.42 Å². The third-order valence-electron chi connectivity index (χ3n) is 20.1. The minimum absolute atomic E-state index is 0.155. The van der Waals surface area contributed by atoms with Crippen molar-refractivity contribution >= 4 is 60.5 Å². The molecule has 0 amide bonds. The molecule has 0 saturated carbocycles. The van der Waals surface area contributed by atoms with Gasteiger partial charge in [-0.3, -0.25) is 0 Å². The van der Waals surface area contributed by atoms with Crippen molar-refractivity contribution in [1.29, 1.82) is 0 Å². The summed E-state index contributed by atoms with van der Waals surface area (Å²) in [5.74, 6) is 0. The van der Waals surface area contributed by atoms with Gasteiger partial charge in [0, 0.05) is 38.5 Å². The van der Waals surface area contributed by atoms with E-state index in [-0.39, 0.29) is 10.8 Å². The Morgan fingerprint density at radius 2 is 0.857 bits per heavy atom. The van der Waals surface area contributed by atoms with Gasteiger partial charge < -0.3 is 9.32 Å². The van der Waals surface area contributed by atoms with Crippen LogP contribution in [0.4, 0.5) is 17.1 Å². The highest BCUT2D eigenvalue weighted by Crippen LogP contribution is 2.63. The van der Waals surface area contributed by atoms with Crippen LogP contribution in [0.2, 0.25) is 0 Å². The van der Waals surface area contributed by atoms with Gasteiger partial charge in [-0.1, -0.05) is 246 Å². The summed E-state index contributed by atoms with van der Waals surface area (Å²) in [6.45, 7) is 9.71. The second-order valence-electron chi connectivity index (χ2n) is 25.0. The second kappa shape index (κ2) is 17.0. The molecule has 1 heterocycles. The Morgan fingerprint density at radius 3 is 1.62 bits per heavy atom. The van der Waals surface area contributed by atoms with Crippen LogP contribution >= 0.6 is 0 Å². The highest BCUT2D eigenvalue weighted by Gasteiger charge is 2.51. The van der Waals surface area contributed by atoms with Gasteiger partial charge in [0.2, 0.25) is 0 Å². The quantitative estimate of drug-likeness (QED) is 0.175. The van der Waals surface area contributed by atoms with Crippen molar-refractivity contribution in [3.8, 4) is 55.6 Å². The van der Waals surface area contributed by atoms with E-state index in [1.165, 1.54) is 122 Å². The molecule has 0 N–H and O–H groups in total. The fourth-order valence-electron chi connectivity index (χ4n) is 16.2. The minimum atomic E-state index is -0.642. The van der Waals surface area contributed by atoms with Gasteiger partial charge in [-0.25, -0.2) is 0 Å². The minimum Gasteiger partial charge on any atom is -0.453 e. The monoisotopic (exact) mass is 1070 g/mol. The second-order valence-corrected chi connectivity index (χ2v) is 25.0. The lowest BCUT2D eigenvalue weighted by Gasteiger charge is -2.48. The molecular formula is C82H57NO. The number of para-hydroxylation sites is 2. The topological polar surface area (TPSA) is 16.4 Å². The predicted octanol–water partition coefficient (Wildman–Crippen LogP) is 21.6. The average molecular weight is 1070 g/mol. The number of hydrogen-bond donors (Lipinski definition) is 0. The van der Waals surface area contributed by atoms with Crippen LogP contribution in [0.5, 0.6) is 0 Å². The highest BCUT2D eigenvalue weighted by molar-refractivity contribution is 6.15. The van der Waals surface area contributed by atoms with Crippen LogP contribution in [0.1, 0.15) is 83.3 Å². The molecule has 4 aliphatic carbocycles. The van der Waals surface area contributed by atoms with Crippen LogP contribution in [0, 0.1) is 0 Å². The van der Waals surface area contributed by atoms with E-state index in [0.29, 0.717) is 0 Å². The molecule has 14 aromatic rings. The first-order chi connectivity index (χ1) is 41.2. The number of anilines is 3. The molecule has 4 aliphatic rings. The van der Waals surface area contributed by atoms with Crippen LogP contribution in [0.15, 0.2) is 265 Å². The molecule has 1 spiro atoms. The zero-order chi connectivity index (χ0) is 55.8. The molecule has 84 heavy (non-hydrogen) atoms. The van der Waals surface area contributed by atoms with Crippen molar-refractivity contribution in [3.05, 3.63) is 316 Å². The van der Waals surface area contributed by atoms with Gasteiger partial charge in [-0.05, 0) is 176 Å². The molecule has 18 rings (SSSR count). The van der Waals surface area contributed by atoms with Gasteiger partial charge in [0.25, 0.3) is 0 Å². The van der Waals surface area contributed by atoms with Gasteiger partial charge in [0.1, 0.15) is 5.58 Å². The summed E-state index contributed by atoms with van der Waals surface area (Å²) in [4.78, 5) is 2.52. The fourth-order valence-corrected chi connectivity index (χ4v) is 16.2. The summed E-state index contributed by atoms with van der Waals surface area (Å²) in [6, 6.07) is 98.8. The molecule has 1 aromatic heterocycles. The largest absolute Gasteiger partial charge is 0.453 e. The number of fused-ring (bicyclic) bond motifs is 21. The fraction of sp³-hybridized carbons (Fsp3) is 0.0976. The van der Waals surface area contributed by atoms with Crippen LogP contribution in [0.3, 0.4) is 0 Å². The molecule has 0 aliphatic heterocycles. The van der Waals surface area contributed by atoms with Crippen LogP contribution in [-0.4, -0.2) is 0 Å². The smallest absolute Gasteiger partial charge is 0.159 e. The molecule has 0 fully saturated rings. The molecule has 0 radical (unpaired) electrons. The van der Waals surface area contributed by atoms with Crippen molar-refractivity contribution in [1.82, 2.24) is 0 Å². The first-order valence-electron chi connectivity index (χ1n) is 29.8. The number of benzene rings is 13. The normalized spacial score (nSPS) is 14.9. The van der Waals surface area contributed by atoms with Crippen LogP contribution < -0.4 is 4.90 Å². The number of furan rings is 1. The molecule has 13 aromatic carbocycles. The van der Waals surface area contributed by atoms with Crippen LogP contribution in [0.25, 0.3) is 99.1 Å². The Kier molecular flexibility index (Phi) is 9.65. The first kappa shape index (κ1) is 47.6. The Bertz CT molecular complexity index is 5100. The van der Waals surface area contributed by atoms with E-state index in [0.717, 1.165) is 56.5 Å². The van der Waals surface area contributed by atoms with Crippen molar-refractivity contribution in [2.24, 2.45) is 0 Å². The molecule has 396 valence electrons. The van der Waals surface area contributed by atoms with E-state index >= 15 is 0 Å². The third-order valence-corrected chi connectivity index (χ3v) is 20.1. The van der Waals surface area contributed by atoms with Gasteiger partial charge in [-0.2, -0.15) is 0 Å². The van der Waals surface area contributed by atoms with Crippen molar-refractivity contribution in [3.63, 3.8) is 0 Å². The van der Waals surface area contributed by atoms with Crippen molar-refractivity contribution in [2.75, 3.05) is 4.90 Å². The van der Waals surface area contributed by atoms with E-state index in [4.69, 9.17) is 4.42 Å². The average Bonchev–Trinajstić information content (AvgIpc) is 0.894. The maximum Gasteiger partial charge on any atom is 0.159 e. The van der Waals surface area contributed by atoms with Crippen molar-refractivity contribution in [2.45, 2.75) is 50.4 Å². The van der Waals surface area contributed by atoms with E-state index < -0.39 is 5.41 Å². The lowest BCUT2D eigenvalue weighted by atomic mass is 9.53. The molecule has 2 nitrogen and oxygen atoms in total. The number of nitrogens with zero attached hydrogens (tertiary/aromatic N) is 1. The van der Waals surface area contributed by atoms with E-state index in [1.54, 1.807) is 0 Å². The van der Waals surface area contributed by atoms with E-state index in [2.05, 4.69) is 293 Å². The Labute approximate surface area is 489 Å². The SMILES string of the molecule is CC1(C)c2cc(N(c3cc4c5c(cccc5c3)C43c4ccccc4-c4ccccc4Cc4ccccc4-c4ccccc43)c3cccc4c3oc3c(-c5ccccc5)cccc34)ccc2-c2cc3c(cc21)-c1c(ccc2ccccc12)C3(C)C. The Balaban J connectivity index is 0.903. The highest BCUT2D eigenvalue weighted by atomic mass is 16.3. The maximum atomic E-state index is 7.41. The Hall–Kier alpha value is -10.0. The van der Waals surface area contributed by atoms with Gasteiger partial charge in [-0.15, -0.1) is 0 Å². The Morgan fingerprint density at radius 1 is 0.321 bits per heavy atom. The molecule has 2 heteroatoms. The van der Waals surface area contributed by atoms with E-state index in [1.807, 2.05) is 0 Å². The molecule has 0 saturated heterocycles. The molecular weight excluding hydrogens is 1010 g/mol. The zero-order valence-electron chi connectivity index (χ0n) is 47.4. The summed E-state index contributed by atoms with van der Waals surface area (Å²) in [5.41, 5.74) is 29.8. The first-order valence-corrected chi connectivity index (χ1v) is 29.8. The van der Waals surface area contributed by atoms with Gasteiger partial charge in [0.15, 0.2) is 5.58 Å². The standard InChI is InChI=1S/C82H57NO/c1-80(2)69-42-39-50-23-8-13-29-58(50)77(69)66-48-72-65(47-73(66)80)62-41-40-54(45-71(62)81(72,3)4)83(75-38-20-34-64-63-33-19-32-59(78(63)84-79(64)75)49-21-6-5-7-22-49)55-44-53-26-18-37-70-76(53)74(46-55)82(70)67-35-16-14-30-60(67)56-27-11-9-24-51(56)43-52-25-10-12-28-57(52)61-31-15-17-36-68(61)82/h5-42,44-48H,43H2,1-4H3. The summed E-state index contributed by atoms with van der Waals surface area (Å²) >= 11 is 0. The predicted molar refractivity (Wildman–Crippen MR) is 350 cm³/mol. The van der Waals surface area contributed by atoms with Gasteiger partial charge >= 0.3 is 0 Å². The molecule has 0 unspecified atom stereocenters. The van der Waals surface area contributed by atoms with E-state index in [9.17, 15) is 0 Å². The summed E-state index contributed by atoms with van der Waals surface area (Å²) < 4.78 is 7.41.